The van der Waals surface area contributed by atoms with Crippen molar-refractivity contribution in [2.24, 2.45) is 5.92 Å². The molecule has 2 saturated heterocycles. The number of aryl methyl sites for hydroxylation is 3. The van der Waals surface area contributed by atoms with Crippen molar-refractivity contribution in [1.29, 1.82) is 0 Å². The highest BCUT2D eigenvalue weighted by molar-refractivity contribution is 6.06. The van der Waals surface area contributed by atoms with Gasteiger partial charge in [0.2, 0.25) is 5.91 Å². The Morgan fingerprint density at radius 1 is 0.947 bits per heavy atom. The van der Waals surface area contributed by atoms with Gasteiger partial charge in [-0.15, -0.1) is 0 Å². The van der Waals surface area contributed by atoms with Gasteiger partial charge in [-0.3, -0.25) is 4.79 Å². The van der Waals surface area contributed by atoms with Crippen LogP contribution in [-0.2, 0) is 11.2 Å². The van der Waals surface area contributed by atoms with E-state index in [2.05, 4.69) is 28.4 Å². The maximum atomic E-state index is 13.1. The molecule has 2 aliphatic heterocycles. The van der Waals surface area contributed by atoms with E-state index in [1.807, 2.05) is 39.0 Å². The Hall–Kier alpha value is -3.38. The topological polar surface area (TPSA) is 75.7 Å². The minimum atomic E-state index is -0.449. The lowest BCUT2D eigenvalue weighted by Crippen LogP contribution is -2.51. The first-order valence-corrected chi connectivity index (χ1v) is 14.0. The fourth-order valence-electron chi connectivity index (χ4n) is 6.83. The van der Waals surface area contributed by atoms with Gasteiger partial charge < -0.3 is 19.1 Å². The number of hydrogen-bond donors (Lipinski definition) is 1. The zero-order chi connectivity index (χ0) is 26.4. The first kappa shape index (κ1) is 24.9. The van der Waals surface area contributed by atoms with Crippen LogP contribution in [0.4, 0.5) is 0 Å². The maximum Gasteiger partial charge on any atom is 0.340 e. The van der Waals surface area contributed by atoms with Crippen molar-refractivity contribution in [3.8, 4) is 11.1 Å². The summed E-state index contributed by atoms with van der Waals surface area (Å²) in [4.78, 5) is 28.7. The Kier molecular flexibility index (Phi) is 6.60. The van der Waals surface area contributed by atoms with Gasteiger partial charge in [0, 0.05) is 34.5 Å². The van der Waals surface area contributed by atoms with Gasteiger partial charge in [-0.2, -0.15) is 0 Å². The number of rotatable bonds is 5. The third-order valence-electron chi connectivity index (χ3n) is 8.82. The van der Waals surface area contributed by atoms with Crippen molar-refractivity contribution in [1.82, 2.24) is 10.2 Å². The number of nitrogens with one attached hydrogen (secondary N) is 1. The van der Waals surface area contributed by atoms with Crippen molar-refractivity contribution in [3.05, 3.63) is 69.3 Å². The normalized spacial score (nSPS) is 20.1. The largest absolute Gasteiger partial charge is 0.460 e. The molecule has 4 heterocycles. The van der Waals surface area contributed by atoms with Gasteiger partial charge in [-0.25, -0.2) is 4.79 Å². The minimum Gasteiger partial charge on any atom is -0.460 e. The van der Waals surface area contributed by atoms with Crippen molar-refractivity contribution >= 4 is 27.8 Å². The van der Waals surface area contributed by atoms with E-state index in [4.69, 9.17) is 8.83 Å². The molecule has 6 rings (SSSR count). The van der Waals surface area contributed by atoms with Gasteiger partial charge in [-0.1, -0.05) is 36.8 Å². The summed E-state index contributed by atoms with van der Waals surface area (Å²) in [6.45, 7) is 8.85. The summed E-state index contributed by atoms with van der Waals surface area (Å²) in [5.41, 5.74) is 4.95. The van der Waals surface area contributed by atoms with Crippen molar-refractivity contribution in [3.63, 3.8) is 0 Å². The van der Waals surface area contributed by atoms with Crippen LogP contribution in [0.1, 0.15) is 54.6 Å². The lowest BCUT2D eigenvalue weighted by atomic mass is 9.83. The highest BCUT2D eigenvalue weighted by Crippen LogP contribution is 2.39. The molecule has 0 saturated carbocycles. The third-order valence-corrected chi connectivity index (χ3v) is 8.82. The average Bonchev–Trinajstić information content (AvgIpc) is 3.27. The van der Waals surface area contributed by atoms with Gasteiger partial charge in [0.25, 0.3) is 0 Å². The summed E-state index contributed by atoms with van der Waals surface area (Å²) in [5.74, 6) is 1.19. The lowest BCUT2D eigenvalue weighted by molar-refractivity contribution is -0.120. The molecule has 0 bridgehead atoms. The Balaban J connectivity index is 1.30. The Morgan fingerprint density at radius 2 is 1.71 bits per heavy atom. The van der Waals surface area contributed by atoms with Crippen LogP contribution in [0.15, 0.2) is 50.0 Å². The van der Waals surface area contributed by atoms with Crippen LogP contribution in [-0.4, -0.2) is 36.5 Å². The SMILES string of the molecule is Cc1oc2c(C)c3oc(=O)c(CC(=O)NCC4CCCN5CCCCC45)c(C)c3cc2c1-c1ccccc1. The van der Waals surface area contributed by atoms with Crippen LogP contribution < -0.4 is 10.9 Å². The van der Waals surface area contributed by atoms with Crippen LogP contribution in [0, 0.1) is 26.7 Å². The molecule has 2 atom stereocenters. The van der Waals surface area contributed by atoms with Crippen LogP contribution in [0.25, 0.3) is 33.1 Å². The number of nitrogens with zero attached hydrogens (tertiary/aromatic N) is 1. The highest BCUT2D eigenvalue weighted by Gasteiger charge is 2.33. The van der Waals surface area contributed by atoms with E-state index in [9.17, 15) is 9.59 Å². The van der Waals surface area contributed by atoms with Gasteiger partial charge in [0.05, 0.1) is 12.0 Å². The van der Waals surface area contributed by atoms with E-state index in [0.29, 0.717) is 29.7 Å². The van der Waals surface area contributed by atoms with E-state index in [1.54, 1.807) is 0 Å². The molecule has 6 nitrogen and oxygen atoms in total. The van der Waals surface area contributed by atoms with Crippen LogP contribution >= 0.6 is 0 Å². The summed E-state index contributed by atoms with van der Waals surface area (Å²) in [7, 11) is 0. The van der Waals surface area contributed by atoms with Crippen molar-refractivity contribution in [2.45, 2.75) is 65.3 Å². The standard InChI is InChI=1S/C32H36N2O4/c1-19-24-16-26-29(22-10-5-4-6-11-22)21(3)37-31(26)20(2)30(24)38-32(36)25(19)17-28(35)33-18-23-12-9-15-34-14-8-7-13-27(23)34/h4-6,10-11,16,23,27H,7-9,12-15,17-18H2,1-3H3,(H,33,35). The fourth-order valence-corrected chi connectivity index (χ4v) is 6.83. The number of hydrogen-bond acceptors (Lipinski definition) is 5. The van der Waals surface area contributed by atoms with Gasteiger partial charge >= 0.3 is 5.63 Å². The first-order chi connectivity index (χ1) is 18.4. The maximum absolute atomic E-state index is 13.1. The quantitative estimate of drug-likeness (QED) is 0.329. The lowest BCUT2D eigenvalue weighted by Gasteiger charge is -2.44. The molecule has 0 spiro atoms. The molecule has 38 heavy (non-hydrogen) atoms. The predicted molar refractivity (Wildman–Crippen MR) is 151 cm³/mol. The molecular formula is C32H36N2O4. The zero-order valence-corrected chi connectivity index (χ0v) is 22.6. The van der Waals surface area contributed by atoms with Crippen LogP contribution in [0.3, 0.4) is 0 Å². The molecule has 2 unspecified atom stereocenters. The molecule has 0 aliphatic carbocycles. The number of furan rings is 1. The first-order valence-electron chi connectivity index (χ1n) is 14.0. The van der Waals surface area contributed by atoms with Gasteiger partial charge in [-0.05, 0) is 82.7 Å². The molecule has 0 radical (unpaired) electrons. The van der Waals surface area contributed by atoms with Crippen LogP contribution in [0.2, 0.25) is 0 Å². The Labute approximate surface area is 223 Å². The number of amides is 1. The smallest absolute Gasteiger partial charge is 0.340 e. The second-order valence-corrected chi connectivity index (χ2v) is 11.1. The molecule has 4 aromatic rings. The second-order valence-electron chi connectivity index (χ2n) is 11.1. The summed E-state index contributed by atoms with van der Waals surface area (Å²) < 4.78 is 12.0. The molecule has 1 N–H and O–H groups in total. The Bertz CT molecular complexity index is 1560. The number of carbonyl (C=O) groups excluding carboxylic acids is 1. The fraction of sp³-hybridized carbons (Fsp3) is 0.438. The zero-order valence-electron chi connectivity index (χ0n) is 22.6. The average molecular weight is 513 g/mol. The number of carbonyl (C=O) groups is 1. The predicted octanol–water partition coefficient (Wildman–Crippen LogP) is 6.05. The highest BCUT2D eigenvalue weighted by atomic mass is 16.4. The number of piperidine rings is 2. The number of fused-ring (bicyclic) bond motifs is 3. The van der Waals surface area contributed by atoms with Crippen LogP contribution in [0.5, 0.6) is 0 Å². The van der Waals surface area contributed by atoms with E-state index in [-0.39, 0.29) is 12.3 Å². The molecule has 2 fully saturated rings. The molecule has 198 valence electrons. The molecule has 2 aromatic carbocycles. The molecule has 2 aromatic heterocycles. The third kappa shape index (κ3) is 4.35. The van der Waals surface area contributed by atoms with E-state index in [1.165, 1.54) is 38.8 Å². The summed E-state index contributed by atoms with van der Waals surface area (Å²) in [5, 5.41) is 4.98. The van der Waals surface area contributed by atoms with Crippen molar-refractivity contribution in [2.75, 3.05) is 19.6 Å². The molecule has 6 heteroatoms. The molecule has 2 aliphatic rings. The monoisotopic (exact) mass is 512 g/mol. The van der Waals surface area contributed by atoms with Gasteiger partial charge in [0.15, 0.2) is 0 Å². The van der Waals surface area contributed by atoms with Crippen molar-refractivity contribution < 1.29 is 13.6 Å². The Morgan fingerprint density at radius 3 is 2.53 bits per heavy atom. The minimum absolute atomic E-state index is 0.0260. The van der Waals surface area contributed by atoms with E-state index < -0.39 is 5.63 Å². The summed E-state index contributed by atoms with van der Waals surface area (Å²) in [6, 6.07) is 12.8. The van der Waals surface area contributed by atoms with E-state index in [0.717, 1.165) is 50.8 Å². The van der Waals surface area contributed by atoms with E-state index >= 15 is 0 Å². The number of benzene rings is 2. The molecular weight excluding hydrogens is 476 g/mol. The second kappa shape index (κ2) is 10.1. The van der Waals surface area contributed by atoms with Gasteiger partial charge in [0.1, 0.15) is 16.9 Å². The summed E-state index contributed by atoms with van der Waals surface area (Å²) in [6.07, 6.45) is 6.15. The summed E-state index contributed by atoms with van der Waals surface area (Å²) >= 11 is 0. The molecule has 1 amide bonds.